The molecule has 1 saturated heterocycles. The van der Waals surface area contributed by atoms with E-state index >= 15 is 0 Å². The van der Waals surface area contributed by atoms with Gasteiger partial charge in [0.1, 0.15) is 0 Å². The van der Waals surface area contributed by atoms with Gasteiger partial charge in [-0.2, -0.15) is 0 Å². The van der Waals surface area contributed by atoms with Crippen LogP contribution in [0.15, 0.2) is 85.1 Å². The van der Waals surface area contributed by atoms with E-state index in [2.05, 4.69) is 100 Å². The minimum atomic E-state index is -1.16. The Hall–Kier alpha value is -3.53. The predicted octanol–water partition coefficient (Wildman–Crippen LogP) is 4.97. The van der Waals surface area contributed by atoms with Crippen LogP contribution in [0.3, 0.4) is 0 Å². The Morgan fingerprint density at radius 2 is 1.22 bits per heavy atom. The minimum Gasteiger partial charge on any atom is -0.478 e. The highest BCUT2D eigenvalue weighted by atomic mass is 16.5. The van der Waals surface area contributed by atoms with Crippen molar-refractivity contribution in [3.8, 4) is 0 Å². The van der Waals surface area contributed by atoms with E-state index in [0.29, 0.717) is 39.0 Å². The summed E-state index contributed by atoms with van der Waals surface area (Å²) in [6.45, 7) is 9.28. The number of aliphatic carboxylic acids is 1. The van der Waals surface area contributed by atoms with E-state index in [0.717, 1.165) is 90.1 Å². The summed E-state index contributed by atoms with van der Waals surface area (Å²) in [6.07, 6.45) is 34.8. The lowest BCUT2D eigenvalue weighted by atomic mass is 10.2. The van der Waals surface area contributed by atoms with Crippen molar-refractivity contribution < 1.29 is 24.2 Å². The molecule has 2 amide bonds. The molecule has 0 saturated carbocycles. The maximum Gasteiger partial charge on any atom is 0.328 e. The molecule has 0 unspecified atom stereocenters. The molecule has 0 atom stereocenters. The number of rotatable bonds is 25. The molecule has 1 heterocycles. The number of morpholine rings is 1. The smallest absolute Gasteiger partial charge is 0.328 e. The average Bonchev–Trinajstić information content (AvgIpc) is 3.04. The van der Waals surface area contributed by atoms with Crippen molar-refractivity contribution in [3.05, 3.63) is 85.1 Å². The fraction of sp³-hybridized carbons (Fsp3) is 0.528. The number of amides is 2. The first-order valence-corrected chi connectivity index (χ1v) is 16.4. The lowest BCUT2D eigenvalue weighted by molar-refractivity contribution is -0.131. The van der Waals surface area contributed by atoms with Crippen LogP contribution in [0.1, 0.15) is 58.3 Å². The van der Waals surface area contributed by atoms with Gasteiger partial charge < -0.3 is 20.5 Å². The Morgan fingerprint density at radius 3 is 1.76 bits per heavy atom. The summed E-state index contributed by atoms with van der Waals surface area (Å²) in [7, 11) is 0. The van der Waals surface area contributed by atoms with Crippen LogP contribution in [-0.2, 0) is 19.1 Å². The second-order valence-electron chi connectivity index (χ2n) is 10.6. The van der Waals surface area contributed by atoms with Crippen LogP contribution in [0.5, 0.6) is 0 Å². The highest BCUT2D eigenvalue weighted by Gasteiger charge is 2.13. The number of nitrogens with one attached hydrogen (secondary N) is 2. The summed E-state index contributed by atoms with van der Waals surface area (Å²) in [5.74, 6) is -1.57. The van der Waals surface area contributed by atoms with Gasteiger partial charge >= 0.3 is 5.97 Å². The number of hydrogen-bond acceptors (Lipinski definition) is 6. The Balaban J connectivity index is 2.19. The number of carboxylic acid groups (broad SMARTS) is 1. The second kappa shape index (κ2) is 29.2. The van der Waals surface area contributed by atoms with Crippen LogP contribution in [0.25, 0.3) is 0 Å². The molecular weight excluding hydrogens is 568 g/mol. The first-order valence-electron chi connectivity index (χ1n) is 16.4. The Morgan fingerprint density at radius 1 is 0.711 bits per heavy atom. The Bertz CT molecular complexity index is 1010. The van der Waals surface area contributed by atoms with Crippen LogP contribution < -0.4 is 10.6 Å². The zero-order valence-corrected chi connectivity index (χ0v) is 27.3. The van der Waals surface area contributed by atoms with E-state index < -0.39 is 11.9 Å². The molecule has 250 valence electrons. The maximum atomic E-state index is 12.3. The van der Waals surface area contributed by atoms with Gasteiger partial charge in [-0.25, -0.2) is 4.79 Å². The molecule has 0 radical (unpaired) electrons. The van der Waals surface area contributed by atoms with Crippen molar-refractivity contribution in [1.29, 1.82) is 0 Å². The monoisotopic (exact) mass is 624 g/mol. The van der Waals surface area contributed by atoms with Crippen LogP contribution in [0.2, 0.25) is 0 Å². The molecule has 1 rings (SSSR count). The van der Waals surface area contributed by atoms with Gasteiger partial charge in [0.25, 0.3) is 0 Å². The zero-order chi connectivity index (χ0) is 32.6. The van der Waals surface area contributed by atoms with Crippen molar-refractivity contribution in [1.82, 2.24) is 20.4 Å². The first kappa shape index (κ1) is 39.5. The summed E-state index contributed by atoms with van der Waals surface area (Å²) < 4.78 is 5.42. The third kappa shape index (κ3) is 26.6. The molecular formula is C36H56N4O5. The molecule has 0 bridgehead atoms. The highest BCUT2D eigenvalue weighted by Crippen LogP contribution is 2.00. The fourth-order valence-corrected chi connectivity index (χ4v) is 4.28. The van der Waals surface area contributed by atoms with Crippen molar-refractivity contribution in [2.24, 2.45) is 0 Å². The molecule has 9 heteroatoms. The SMILES string of the molecule is CCC=CCC=CCC=CCC=CCC=CCC=CCCC(=O)NCCN(CCNC(=O)C=CC(=O)O)CCN1CCOCC1. The summed E-state index contributed by atoms with van der Waals surface area (Å²) in [6, 6.07) is 0. The van der Waals surface area contributed by atoms with E-state index in [-0.39, 0.29) is 5.91 Å². The van der Waals surface area contributed by atoms with Crippen LogP contribution in [-0.4, -0.2) is 98.3 Å². The van der Waals surface area contributed by atoms with Crippen LogP contribution in [0.4, 0.5) is 0 Å². The molecule has 1 aliphatic heterocycles. The van der Waals surface area contributed by atoms with Gasteiger partial charge in [0.15, 0.2) is 0 Å². The predicted molar refractivity (Wildman–Crippen MR) is 184 cm³/mol. The second-order valence-corrected chi connectivity index (χ2v) is 10.6. The largest absolute Gasteiger partial charge is 0.478 e. The molecule has 0 aromatic heterocycles. The molecule has 0 aromatic carbocycles. The molecule has 1 aliphatic rings. The first-order chi connectivity index (χ1) is 22.0. The lowest BCUT2D eigenvalue weighted by Crippen LogP contribution is -2.45. The molecule has 0 aromatic rings. The zero-order valence-electron chi connectivity index (χ0n) is 27.3. The summed E-state index contributed by atoms with van der Waals surface area (Å²) in [5, 5.41) is 14.4. The number of carboxylic acids is 1. The number of nitrogens with zero attached hydrogens (tertiary/aromatic N) is 2. The van der Waals surface area contributed by atoms with Crippen LogP contribution in [0, 0.1) is 0 Å². The van der Waals surface area contributed by atoms with Gasteiger partial charge in [-0.05, 0) is 44.9 Å². The minimum absolute atomic E-state index is 0.0229. The number of allylic oxidation sites excluding steroid dienone is 12. The highest BCUT2D eigenvalue weighted by molar-refractivity contribution is 5.93. The van der Waals surface area contributed by atoms with E-state index in [1.165, 1.54) is 0 Å². The Kier molecular flexibility index (Phi) is 25.6. The van der Waals surface area contributed by atoms with Gasteiger partial charge in [-0.1, -0.05) is 79.8 Å². The summed E-state index contributed by atoms with van der Waals surface area (Å²) >= 11 is 0. The van der Waals surface area contributed by atoms with Crippen molar-refractivity contribution >= 4 is 17.8 Å². The van der Waals surface area contributed by atoms with Gasteiger partial charge in [-0.15, -0.1) is 0 Å². The van der Waals surface area contributed by atoms with E-state index in [9.17, 15) is 14.4 Å². The van der Waals surface area contributed by atoms with Gasteiger partial charge in [0.2, 0.25) is 11.8 Å². The topological polar surface area (TPSA) is 111 Å². The summed E-state index contributed by atoms with van der Waals surface area (Å²) in [5.41, 5.74) is 0. The maximum absolute atomic E-state index is 12.3. The number of ether oxygens (including phenoxy) is 1. The number of carbonyl (C=O) groups is 3. The van der Waals surface area contributed by atoms with Crippen LogP contribution >= 0.6 is 0 Å². The van der Waals surface area contributed by atoms with E-state index in [1.807, 2.05) is 0 Å². The van der Waals surface area contributed by atoms with Crippen molar-refractivity contribution in [2.75, 3.05) is 65.6 Å². The molecule has 45 heavy (non-hydrogen) atoms. The van der Waals surface area contributed by atoms with Crippen molar-refractivity contribution in [3.63, 3.8) is 0 Å². The van der Waals surface area contributed by atoms with E-state index in [4.69, 9.17) is 9.84 Å². The molecule has 3 N–H and O–H groups in total. The summed E-state index contributed by atoms with van der Waals surface area (Å²) in [4.78, 5) is 39.2. The molecule has 0 spiro atoms. The van der Waals surface area contributed by atoms with Crippen molar-refractivity contribution in [2.45, 2.75) is 58.3 Å². The standard InChI is InChI=1S/C36H56N4O5/c1-2-3-4-5-6-7-8-9-10-11-12-13-14-15-16-17-18-19-20-21-34(41)37-24-26-39(28-29-40-30-32-45-33-31-40)27-25-38-35(42)22-23-36(43)44/h3-4,6-7,9-10,12-13,15-16,18-19,22-23H,2,5,8,11,14,17,20-21,24-33H2,1H3,(H,37,41)(H,38,42)(H,43,44). The quantitative estimate of drug-likeness (QED) is 0.0972. The lowest BCUT2D eigenvalue weighted by Gasteiger charge is -2.30. The number of hydrogen-bond donors (Lipinski definition) is 3. The fourth-order valence-electron chi connectivity index (χ4n) is 4.28. The van der Waals surface area contributed by atoms with Gasteiger partial charge in [0, 0.05) is 70.9 Å². The molecule has 1 fully saturated rings. The number of carbonyl (C=O) groups excluding carboxylic acids is 2. The third-order valence-electron chi connectivity index (χ3n) is 6.83. The van der Waals surface area contributed by atoms with Gasteiger partial charge in [-0.3, -0.25) is 19.4 Å². The molecule has 0 aliphatic carbocycles. The normalized spacial score (nSPS) is 15.0. The molecule has 9 nitrogen and oxygen atoms in total. The van der Waals surface area contributed by atoms with E-state index in [1.54, 1.807) is 0 Å². The van der Waals surface area contributed by atoms with Gasteiger partial charge in [0.05, 0.1) is 13.2 Å². The Labute approximate surface area is 271 Å². The average molecular weight is 625 g/mol. The third-order valence-corrected chi connectivity index (χ3v) is 6.83.